The molecule has 0 saturated heterocycles. The maximum Gasteiger partial charge on any atom is 0.179 e. The Morgan fingerprint density at radius 2 is 2.11 bits per heavy atom. The first-order valence-corrected chi connectivity index (χ1v) is 8.46. The molecule has 0 radical (unpaired) electrons. The molecule has 6 heteroatoms. The van der Waals surface area contributed by atoms with Gasteiger partial charge in [-0.1, -0.05) is 12.8 Å². The lowest BCUT2D eigenvalue weighted by atomic mass is 10.2. The van der Waals surface area contributed by atoms with Gasteiger partial charge in [-0.15, -0.1) is 0 Å². The van der Waals surface area contributed by atoms with Crippen LogP contribution in [0.1, 0.15) is 25.7 Å². The molecule has 1 aliphatic rings. The summed E-state index contributed by atoms with van der Waals surface area (Å²) in [7, 11) is -3.31. The van der Waals surface area contributed by atoms with Crippen molar-refractivity contribution in [3.05, 3.63) is 18.3 Å². The third-order valence-corrected chi connectivity index (χ3v) is 4.65. The summed E-state index contributed by atoms with van der Waals surface area (Å²) in [6.45, 7) is 0.417. The van der Waals surface area contributed by atoms with Crippen LogP contribution in [0.4, 0.5) is 5.82 Å². The van der Waals surface area contributed by atoms with Crippen molar-refractivity contribution in [1.29, 1.82) is 0 Å². The lowest BCUT2D eigenvalue weighted by molar-refractivity contribution is 0.296. The smallest absolute Gasteiger partial charge is 0.179 e. The number of pyridine rings is 1. The van der Waals surface area contributed by atoms with E-state index < -0.39 is 9.84 Å². The van der Waals surface area contributed by atoms with Gasteiger partial charge in [0.2, 0.25) is 0 Å². The van der Waals surface area contributed by atoms with E-state index in [4.69, 9.17) is 0 Å². The highest BCUT2D eigenvalue weighted by atomic mass is 32.2. The van der Waals surface area contributed by atoms with Gasteiger partial charge in [-0.25, -0.2) is 13.4 Å². The van der Waals surface area contributed by atoms with Crippen molar-refractivity contribution >= 4 is 15.7 Å². The molecule has 1 N–H and O–H groups in total. The van der Waals surface area contributed by atoms with Gasteiger partial charge in [-0.3, -0.25) is 0 Å². The van der Waals surface area contributed by atoms with E-state index in [1.54, 1.807) is 18.3 Å². The number of hydrogen-bond acceptors (Lipinski definition) is 5. The molecule has 0 atom stereocenters. The van der Waals surface area contributed by atoms with Crippen molar-refractivity contribution in [3.8, 4) is 0 Å². The summed E-state index contributed by atoms with van der Waals surface area (Å²) in [4.78, 5) is 6.44. The molecule has 0 spiro atoms. The Balaban J connectivity index is 2.41. The van der Waals surface area contributed by atoms with Gasteiger partial charge in [0, 0.05) is 25.0 Å². The highest BCUT2D eigenvalue weighted by molar-refractivity contribution is 7.90. The van der Waals surface area contributed by atoms with Gasteiger partial charge < -0.3 is 10.0 Å². The van der Waals surface area contributed by atoms with E-state index in [1.807, 2.05) is 4.90 Å². The maximum atomic E-state index is 11.8. The van der Waals surface area contributed by atoms with E-state index in [0.29, 0.717) is 12.4 Å². The fraction of sp³-hybridized carbons (Fsp3) is 0.615. The monoisotopic (exact) mass is 284 g/mol. The zero-order valence-electron chi connectivity index (χ0n) is 11.1. The van der Waals surface area contributed by atoms with E-state index in [0.717, 1.165) is 25.7 Å². The molecular weight excluding hydrogens is 264 g/mol. The summed E-state index contributed by atoms with van der Waals surface area (Å²) < 4.78 is 23.7. The Labute approximate surface area is 114 Å². The number of aliphatic hydroxyl groups is 1. The van der Waals surface area contributed by atoms with Gasteiger partial charge in [0.05, 0.1) is 6.61 Å². The maximum absolute atomic E-state index is 11.8. The van der Waals surface area contributed by atoms with Crippen molar-refractivity contribution in [2.45, 2.75) is 36.6 Å². The summed E-state index contributed by atoms with van der Waals surface area (Å²) in [5, 5.41) is 9.23. The SMILES string of the molecule is CS(=O)(=O)c1cccnc1N(CCO)C1CCCC1. The quantitative estimate of drug-likeness (QED) is 0.880. The van der Waals surface area contributed by atoms with Crippen molar-refractivity contribution in [3.63, 3.8) is 0 Å². The lowest BCUT2D eigenvalue weighted by Gasteiger charge is -2.30. The zero-order valence-corrected chi connectivity index (χ0v) is 11.9. The van der Waals surface area contributed by atoms with Crippen molar-refractivity contribution in [1.82, 2.24) is 4.98 Å². The van der Waals surface area contributed by atoms with Gasteiger partial charge in [0.15, 0.2) is 9.84 Å². The molecule has 0 amide bonds. The average Bonchev–Trinajstić information content (AvgIpc) is 2.88. The average molecular weight is 284 g/mol. The Morgan fingerprint density at radius 3 is 2.68 bits per heavy atom. The number of hydrogen-bond donors (Lipinski definition) is 1. The lowest BCUT2D eigenvalue weighted by Crippen LogP contribution is -2.37. The molecule has 5 nitrogen and oxygen atoms in total. The van der Waals surface area contributed by atoms with Crippen molar-refractivity contribution < 1.29 is 13.5 Å². The van der Waals surface area contributed by atoms with Gasteiger partial charge in [0.1, 0.15) is 10.7 Å². The predicted octanol–water partition coefficient (Wildman–Crippen LogP) is 1.23. The fourth-order valence-electron chi connectivity index (χ4n) is 2.67. The van der Waals surface area contributed by atoms with E-state index >= 15 is 0 Å². The van der Waals surface area contributed by atoms with Crippen LogP contribution in [0.3, 0.4) is 0 Å². The number of aliphatic hydroxyl groups excluding tert-OH is 1. The number of aromatic nitrogens is 1. The molecule has 0 aromatic carbocycles. The molecular formula is C13H20N2O3S. The summed E-state index contributed by atoms with van der Waals surface area (Å²) in [5.41, 5.74) is 0. The minimum atomic E-state index is -3.31. The first kappa shape index (κ1) is 14.3. The summed E-state index contributed by atoms with van der Waals surface area (Å²) in [6, 6.07) is 3.49. The molecule has 0 aliphatic heterocycles. The normalized spacial score (nSPS) is 16.7. The molecule has 1 aliphatic carbocycles. The third kappa shape index (κ3) is 3.25. The van der Waals surface area contributed by atoms with Crippen LogP contribution in [-0.2, 0) is 9.84 Å². The van der Waals surface area contributed by atoms with Crippen LogP contribution < -0.4 is 4.90 Å². The van der Waals surface area contributed by atoms with Crippen molar-refractivity contribution in [2.75, 3.05) is 24.3 Å². The molecule has 1 saturated carbocycles. The number of sulfone groups is 1. The van der Waals surface area contributed by atoms with E-state index in [-0.39, 0.29) is 17.5 Å². The number of anilines is 1. The van der Waals surface area contributed by atoms with Crippen LogP contribution in [0.2, 0.25) is 0 Å². The largest absolute Gasteiger partial charge is 0.395 e. The van der Waals surface area contributed by atoms with Gasteiger partial charge in [-0.2, -0.15) is 0 Å². The summed E-state index contributed by atoms with van der Waals surface area (Å²) in [5.74, 6) is 0.478. The molecule has 2 rings (SSSR count). The van der Waals surface area contributed by atoms with E-state index in [2.05, 4.69) is 4.98 Å². The fourth-order valence-corrected chi connectivity index (χ4v) is 3.50. The van der Waals surface area contributed by atoms with Crippen LogP contribution in [0.15, 0.2) is 23.2 Å². The van der Waals surface area contributed by atoms with Crippen LogP contribution in [0.25, 0.3) is 0 Å². The van der Waals surface area contributed by atoms with Gasteiger partial charge in [0.25, 0.3) is 0 Å². The minimum absolute atomic E-state index is 0.00369. The van der Waals surface area contributed by atoms with Gasteiger partial charge >= 0.3 is 0 Å². The standard InChI is InChI=1S/C13H20N2O3S/c1-19(17,18)12-7-4-8-14-13(12)15(9-10-16)11-5-2-3-6-11/h4,7-8,11,16H,2-3,5-6,9-10H2,1H3. The second-order valence-electron chi connectivity index (χ2n) is 4.95. The predicted molar refractivity (Wildman–Crippen MR) is 74.0 cm³/mol. The second kappa shape index (κ2) is 5.88. The summed E-state index contributed by atoms with van der Waals surface area (Å²) >= 11 is 0. The van der Waals surface area contributed by atoms with E-state index in [9.17, 15) is 13.5 Å². The minimum Gasteiger partial charge on any atom is -0.395 e. The number of nitrogens with zero attached hydrogens (tertiary/aromatic N) is 2. The van der Waals surface area contributed by atoms with Crippen LogP contribution in [-0.4, -0.2) is 44.0 Å². The molecule has 1 aromatic rings. The first-order valence-electron chi connectivity index (χ1n) is 6.56. The van der Waals surface area contributed by atoms with Crippen molar-refractivity contribution in [2.24, 2.45) is 0 Å². The molecule has 0 unspecified atom stereocenters. The van der Waals surface area contributed by atoms with Crippen LogP contribution in [0.5, 0.6) is 0 Å². The molecule has 1 heterocycles. The Hall–Kier alpha value is -1.14. The Morgan fingerprint density at radius 1 is 1.42 bits per heavy atom. The van der Waals surface area contributed by atoms with E-state index in [1.165, 1.54) is 6.26 Å². The molecule has 106 valence electrons. The molecule has 1 fully saturated rings. The summed E-state index contributed by atoms with van der Waals surface area (Å²) in [6.07, 6.45) is 7.14. The Kier molecular flexibility index (Phi) is 4.42. The highest BCUT2D eigenvalue weighted by Crippen LogP contribution is 2.30. The third-order valence-electron chi connectivity index (χ3n) is 3.53. The zero-order chi connectivity index (χ0) is 13.9. The molecule has 0 bridgehead atoms. The number of rotatable bonds is 5. The topological polar surface area (TPSA) is 70.5 Å². The van der Waals surface area contributed by atoms with Crippen LogP contribution in [0, 0.1) is 0 Å². The van der Waals surface area contributed by atoms with Crippen LogP contribution >= 0.6 is 0 Å². The first-order chi connectivity index (χ1) is 9.04. The Bertz CT molecular complexity index is 524. The molecule has 1 aromatic heterocycles. The highest BCUT2D eigenvalue weighted by Gasteiger charge is 2.27. The molecule has 19 heavy (non-hydrogen) atoms. The van der Waals surface area contributed by atoms with Gasteiger partial charge in [-0.05, 0) is 25.0 Å². The second-order valence-corrected chi connectivity index (χ2v) is 6.94.